The Morgan fingerprint density at radius 1 is 1.11 bits per heavy atom. The molecule has 0 atom stereocenters. The Morgan fingerprint density at radius 2 is 1.76 bits per heavy atom. The van der Waals surface area contributed by atoms with Crippen molar-refractivity contribution in [1.82, 2.24) is 19.1 Å². The molecule has 0 N–H and O–H groups in total. The minimum absolute atomic E-state index is 0.00650. The molecule has 1 aliphatic heterocycles. The number of aromatic nitrogens is 4. The number of rotatable bonds is 5. The first-order chi connectivity index (χ1) is 18.1. The Morgan fingerprint density at radius 3 is 2.39 bits per heavy atom. The van der Waals surface area contributed by atoms with Gasteiger partial charge in [0.1, 0.15) is 11.9 Å². The molecule has 1 saturated heterocycles. The van der Waals surface area contributed by atoms with Crippen molar-refractivity contribution >= 4 is 11.0 Å². The Balaban J connectivity index is 0.000000786. The van der Waals surface area contributed by atoms with Gasteiger partial charge in [-0.1, -0.05) is 6.42 Å². The van der Waals surface area contributed by atoms with Crippen molar-refractivity contribution in [3.8, 4) is 17.1 Å². The maximum Gasteiger partial charge on any atom is 0.379 e. The molecular formula is C27H35F3N4O4. The molecule has 5 rings (SSSR count). The first-order valence-corrected chi connectivity index (χ1v) is 13.0. The van der Waals surface area contributed by atoms with Gasteiger partial charge in [0.15, 0.2) is 5.79 Å². The highest BCUT2D eigenvalue weighted by Crippen LogP contribution is 2.35. The lowest BCUT2D eigenvalue weighted by Gasteiger charge is -2.35. The van der Waals surface area contributed by atoms with Crippen LogP contribution in [0.25, 0.3) is 22.3 Å². The number of pyridine rings is 1. The van der Waals surface area contributed by atoms with Crippen LogP contribution < -0.4 is 10.3 Å². The van der Waals surface area contributed by atoms with Crippen LogP contribution in [0.4, 0.5) is 13.2 Å². The van der Waals surface area contributed by atoms with E-state index in [1.165, 1.54) is 19.3 Å². The van der Waals surface area contributed by atoms with Crippen LogP contribution in [0.5, 0.6) is 5.88 Å². The second kappa shape index (κ2) is 11.9. The highest BCUT2D eigenvalue weighted by atomic mass is 19.4. The molecular weight excluding hydrogens is 501 g/mol. The third-order valence-electron chi connectivity index (χ3n) is 6.85. The fourth-order valence-electron chi connectivity index (χ4n) is 5.07. The van der Waals surface area contributed by atoms with Crippen LogP contribution in [0.1, 0.15) is 64.7 Å². The van der Waals surface area contributed by atoms with Crippen LogP contribution in [-0.4, -0.2) is 50.9 Å². The first kappa shape index (κ1) is 28.1. The summed E-state index contributed by atoms with van der Waals surface area (Å²) in [7, 11) is 0. The van der Waals surface area contributed by atoms with Crippen molar-refractivity contribution in [2.24, 2.45) is 0 Å². The van der Waals surface area contributed by atoms with Gasteiger partial charge in [0, 0.05) is 30.4 Å². The van der Waals surface area contributed by atoms with E-state index in [4.69, 9.17) is 19.2 Å². The Labute approximate surface area is 219 Å². The smallest absolute Gasteiger partial charge is 0.379 e. The topological polar surface area (TPSA) is 80.4 Å². The highest BCUT2D eigenvalue weighted by molar-refractivity contribution is 5.92. The molecule has 1 aliphatic carbocycles. The molecule has 0 radical (unpaired) electrons. The SMILES string of the molecule is CCn1c(=O)ccc2c1c(-c1cc(OC3CCCCC3)nc(C)n1)cn2C1COC(C)(C)OC1.FC(F)F. The summed E-state index contributed by atoms with van der Waals surface area (Å²) in [5, 5.41) is 0. The number of hydrogen-bond acceptors (Lipinski definition) is 6. The van der Waals surface area contributed by atoms with Gasteiger partial charge >= 0.3 is 6.68 Å². The van der Waals surface area contributed by atoms with Gasteiger partial charge < -0.3 is 23.3 Å². The van der Waals surface area contributed by atoms with Crippen molar-refractivity contribution in [2.45, 2.75) is 91.0 Å². The number of fused-ring (bicyclic) bond motifs is 1. The van der Waals surface area contributed by atoms with Gasteiger partial charge in [0.25, 0.3) is 5.56 Å². The molecule has 3 aromatic heterocycles. The van der Waals surface area contributed by atoms with Crippen molar-refractivity contribution < 1.29 is 27.4 Å². The van der Waals surface area contributed by atoms with Crippen LogP contribution in [0.15, 0.2) is 29.2 Å². The Hall–Kier alpha value is -2.92. The average molecular weight is 537 g/mol. The van der Waals surface area contributed by atoms with E-state index in [-0.39, 0.29) is 17.7 Å². The normalized spacial score (nSPS) is 18.4. The Bertz CT molecular complexity index is 1290. The standard InChI is InChI=1S/C26H34N4O4.CHF3/c1-5-29-24(31)12-11-22-25(29)20(14-30(22)18-15-32-26(3,4)33-16-18)21-13-23(28-17(2)27-21)34-19-9-7-6-8-10-19;2-1(3)4/h11-14,18-19H,5-10,15-16H2,1-4H3;1H. The molecule has 0 amide bonds. The van der Waals surface area contributed by atoms with Crippen LogP contribution in [0.2, 0.25) is 0 Å². The molecule has 1 saturated carbocycles. The summed E-state index contributed by atoms with van der Waals surface area (Å²) in [6.07, 6.45) is 8.05. The molecule has 2 aliphatic rings. The van der Waals surface area contributed by atoms with E-state index < -0.39 is 12.5 Å². The number of aryl methyl sites for hydroxylation is 2. The van der Waals surface area contributed by atoms with Crippen LogP contribution in [0.3, 0.4) is 0 Å². The van der Waals surface area contributed by atoms with Gasteiger partial charge in [-0.25, -0.2) is 4.98 Å². The molecule has 2 fully saturated rings. The number of hydrogen-bond donors (Lipinski definition) is 0. The predicted octanol–water partition coefficient (Wildman–Crippen LogP) is 5.80. The molecule has 11 heteroatoms. The zero-order valence-electron chi connectivity index (χ0n) is 22.3. The van der Waals surface area contributed by atoms with Crippen LogP contribution in [-0.2, 0) is 16.0 Å². The second-order valence-corrected chi connectivity index (χ2v) is 10.0. The summed E-state index contributed by atoms with van der Waals surface area (Å²) in [4.78, 5) is 22.1. The predicted molar refractivity (Wildman–Crippen MR) is 137 cm³/mol. The molecule has 0 bridgehead atoms. The minimum Gasteiger partial charge on any atom is -0.474 e. The fraction of sp³-hybridized carbons (Fsp3) is 0.593. The summed E-state index contributed by atoms with van der Waals surface area (Å²) in [5.41, 5.74) is 3.43. The van der Waals surface area contributed by atoms with E-state index in [9.17, 15) is 18.0 Å². The van der Waals surface area contributed by atoms with Gasteiger partial charge in [-0.05, 0) is 59.4 Å². The van der Waals surface area contributed by atoms with Gasteiger partial charge in [-0.2, -0.15) is 18.2 Å². The third-order valence-corrected chi connectivity index (χ3v) is 6.85. The maximum absolute atomic E-state index is 12.8. The minimum atomic E-state index is -3.67. The fourth-order valence-corrected chi connectivity index (χ4v) is 5.07. The van der Waals surface area contributed by atoms with Gasteiger partial charge in [0.05, 0.1) is 36.0 Å². The van der Waals surface area contributed by atoms with Gasteiger partial charge in [-0.3, -0.25) is 4.79 Å². The highest BCUT2D eigenvalue weighted by Gasteiger charge is 2.31. The summed E-state index contributed by atoms with van der Waals surface area (Å²) in [5.74, 6) is 0.655. The van der Waals surface area contributed by atoms with Crippen molar-refractivity contribution in [1.29, 1.82) is 0 Å². The van der Waals surface area contributed by atoms with E-state index in [0.29, 0.717) is 31.5 Å². The number of alkyl halides is 3. The number of nitrogens with zero attached hydrogens (tertiary/aromatic N) is 4. The Kier molecular flexibility index (Phi) is 8.77. The molecule has 0 spiro atoms. The summed E-state index contributed by atoms with van der Waals surface area (Å²) < 4.78 is 51.1. The van der Waals surface area contributed by atoms with E-state index in [1.807, 2.05) is 39.8 Å². The van der Waals surface area contributed by atoms with Crippen LogP contribution in [0, 0.1) is 6.92 Å². The molecule has 0 unspecified atom stereocenters. The van der Waals surface area contributed by atoms with Crippen molar-refractivity contribution in [3.05, 3.63) is 40.6 Å². The lowest BCUT2D eigenvalue weighted by Crippen LogP contribution is -2.40. The zero-order valence-corrected chi connectivity index (χ0v) is 22.3. The molecule has 0 aromatic carbocycles. The van der Waals surface area contributed by atoms with E-state index in [0.717, 1.165) is 35.1 Å². The molecule has 3 aromatic rings. The second-order valence-electron chi connectivity index (χ2n) is 10.0. The maximum atomic E-state index is 12.8. The molecule has 4 heterocycles. The van der Waals surface area contributed by atoms with E-state index in [2.05, 4.69) is 15.7 Å². The van der Waals surface area contributed by atoms with Crippen molar-refractivity contribution in [2.75, 3.05) is 13.2 Å². The third kappa shape index (κ3) is 6.55. The van der Waals surface area contributed by atoms with Crippen molar-refractivity contribution in [3.63, 3.8) is 0 Å². The molecule has 208 valence electrons. The lowest BCUT2D eigenvalue weighted by atomic mass is 9.98. The quantitative estimate of drug-likeness (QED) is 0.410. The average Bonchev–Trinajstić information content (AvgIpc) is 3.24. The largest absolute Gasteiger partial charge is 0.474 e. The summed E-state index contributed by atoms with van der Waals surface area (Å²) >= 11 is 0. The van der Waals surface area contributed by atoms with Crippen LogP contribution >= 0.6 is 0 Å². The van der Waals surface area contributed by atoms with Gasteiger partial charge in [-0.15, -0.1) is 0 Å². The number of ether oxygens (including phenoxy) is 3. The number of halogens is 3. The molecule has 38 heavy (non-hydrogen) atoms. The van der Waals surface area contributed by atoms with E-state index in [1.54, 1.807) is 10.6 Å². The monoisotopic (exact) mass is 536 g/mol. The summed E-state index contributed by atoms with van der Waals surface area (Å²) in [6.45, 7) is 5.67. The summed E-state index contributed by atoms with van der Waals surface area (Å²) in [6, 6.07) is 5.42. The first-order valence-electron chi connectivity index (χ1n) is 13.0. The van der Waals surface area contributed by atoms with E-state index >= 15 is 0 Å². The zero-order chi connectivity index (χ0) is 27.4. The lowest BCUT2D eigenvalue weighted by molar-refractivity contribution is -0.258. The molecule has 8 nitrogen and oxygen atoms in total. The van der Waals surface area contributed by atoms with Gasteiger partial charge in [0.2, 0.25) is 5.88 Å².